The van der Waals surface area contributed by atoms with E-state index >= 15 is 4.79 Å². The fraction of sp³-hybridized carbons (Fsp3) is 0.500. The number of hydrogen-bond acceptors (Lipinski definition) is 14. The lowest BCUT2D eigenvalue weighted by Crippen LogP contribution is -2.82. The van der Waals surface area contributed by atoms with E-state index in [9.17, 15) is 33.5 Å². The smallest absolute Gasteiger partial charge is 0.457 e. The number of aliphatic hydroxyl groups is 1. The van der Waals surface area contributed by atoms with Crippen molar-refractivity contribution < 1.29 is 71.1 Å². The Morgan fingerprint density at radius 2 is 1.49 bits per heavy atom. The topological polar surface area (TPSA) is 187 Å². The monoisotopic (exact) mass is 956 g/mol. The number of esters is 3. The number of rotatable bonds is 15. The molecule has 14 nitrogen and oxygen atoms in total. The third-order valence-electron chi connectivity index (χ3n) is 15.3. The number of halogens is 1. The van der Waals surface area contributed by atoms with E-state index in [1.807, 2.05) is 20.8 Å². The molecule has 0 amide bonds. The highest BCUT2D eigenvalue weighted by atomic mass is 28.4. The first kappa shape index (κ1) is 50.3. The minimum atomic E-state index is -2.68. The van der Waals surface area contributed by atoms with Gasteiger partial charge in [0.2, 0.25) is 0 Å². The van der Waals surface area contributed by atoms with Crippen LogP contribution < -0.4 is 0 Å². The summed E-state index contributed by atoms with van der Waals surface area (Å²) < 4.78 is 58.6. The van der Waals surface area contributed by atoms with Gasteiger partial charge in [-0.1, -0.05) is 95.3 Å². The number of carbonyl (C=O) groups is 6. The Kier molecular flexibility index (Phi) is 14.4. The van der Waals surface area contributed by atoms with E-state index in [2.05, 4.69) is 0 Å². The zero-order chi connectivity index (χ0) is 49.4. The van der Waals surface area contributed by atoms with Gasteiger partial charge in [-0.3, -0.25) is 19.2 Å². The number of fused-ring (bicyclic) bond motifs is 5. The molecule has 3 aromatic carbocycles. The number of carbonyl (C=O) groups excluding carboxylic acids is 6. The summed E-state index contributed by atoms with van der Waals surface area (Å²) >= 11 is 0. The molecule has 364 valence electrons. The molecule has 16 heteroatoms. The van der Waals surface area contributed by atoms with Crippen LogP contribution in [0.5, 0.6) is 0 Å². The molecule has 3 fully saturated rings. The van der Waals surface area contributed by atoms with Crippen LogP contribution >= 0.6 is 0 Å². The number of ether oxygens (including phenoxy) is 6. The van der Waals surface area contributed by atoms with E-state index in [0.717, 1.165) is 12.1 Å². The Morgan fingerprint density at radius 3 is 2.07 bits per heavy atom. The van der Waals surface area contributed by atoms with Crippen LogP contribution in [-0.4, -0.2) is 97.4 Å². The normalized spacial score (nSPS) is 29.4. The molecule has 1 N–H and O–H groups in total. The van der Waals surface area contributed by atoms with Crippen LogP contribution in [0.4, 0.5) is 9.18 Å². The fourth-order valence-corrected chi connectivity index (χ4v) is 14.2. The van der Waals surface area contributed by atoms with Crippen LogP contribution in [-0.2, 0) is 53.8 Å². The van der Waals surface area contributed by atoms with Gasteiger partial charge < -0.3 is 38.0 Å². The van der Waals surface area contributed by atoms with Gasteiger partial charge in [-0.25, -0.2) is 14.0 Å². The summed E-state index contributed by atoms with van der Waals surface area (Å²) in [5.41, 5.74) is -6.78. The average Bonchev–Trinajstić information content (AvgIpc) is 3.31. The molecule has 0 radical (unpaired) electrons. The standard InChI is InChI=1S/C52H61FO14Si/c1-9-68(10-2,11-3)67-39-27-40-51(30-62-40,66-32(5)54)44-46(65-47(58)34-21-16-13-17-22-34)52(60)28-38(63-41(56)26-37(55)35-23-18-24-36(53)25-35)31(4)42(49(52,6)7)43(45(57)50(39,44)8)64-48(59)61-29-33-19-14-12-15-20-33/h12-25,38-40,43-44,46,60H,9-11,26-30H2,1-8H3/t38-,39-,40+,43+,44-,46-,50+,51-,52+/m0/s1. The molecule has 1 heterocycles. The number of ketones is 2. The number of Topliss-reactive ketones (excluding diaryl/α,β-unsaturated/α-hetero) is 2. The Morgan fingerprint density at radius 1 is 0.853 bits per heavy atom. The minimum absolute atomic E-state index is 0.0276. The predicted octanol–water partition coefficient (Wildman–Crippen LogP) is 8.44. The lowest BCUT2D eigenvalue weighted by Gasteiger charge is -2.68. The van der Waals surface area contributed by atoms with E-state index in [1.54, 1.807) is 76.2 Å². The zero-order valence-electron chi connectivity index (χ0n) is 39.8. The molecule has 1 aliphatic heterocycles. The first-order valence-corrected chi connectivity index (χ1v) is 25.8. The van der Waals surface area contributed by atoms with Crippen molar-refractivity contribution in [2.75, 3.05) is 6.61 Å². The molecular formula is C52H61FO14Si. The summed E-state index contributed by atoms with van der Waals surface area (Å²) in [6.07, 6.45) is -9.51. The number of hydrogen-bond donors (Lipinski definition) is 1. The third-order valence-corrected chi connectivity index (χ3v) is 20.0. The molecule has 0 aromatic heterocycles. The van der Waals surface area contributed by atoms with Crippen molar-refractivity contribution in [2.45, 2.75) is 141 Å². The SMILES string of the molecule is CC[Si](CC)(CC)O[C@H]1C[C@H]2OC[C@@]2(OC(C)=O)[C@H]2[C@H](OC(=O)c3ccccc3)[C@]3(O)C[C@H](OC(=O)CC(=O)c4cccc(F)c4)C(C)=C([C@@H](OC(=O)OCc4ccccc4)C(=O)[C@]12C)C3(C)C. The molecule has 7 rings (SSSR count). The second-order valence-electron chi connectivity index (χ2n) is 19.2. The maximum Gasteiger partial charge on any atom is 0.509 e. The summed E-state index contributed by atoms with van der Waals surface area (Å²) in [7, 11) is -2.68. The third kappa shape index (κ3) is 8.96. The maximum atomic E-state index is 16.5. The van der Waals surface area contributed by atoms with Gasteiger partial charge in [0.15, 0.2) is 31.6 Å². The molecule has 9 atom stereocenters. The summed E-state index contributed by atoms with van der Waals surface area (Å²) in [6, 6.07) is 23.7. The first-order valence-electron chi connectivity index (χ1n) is 23.3. The largest absolute Gasteiger partial charge is 0.509 e. The van der Waals surface area contributed by atoms with E-state index in [4.69, 9.17) is 32.8 Å². The van der Waals surface area contributed by atoms with Gasteiger partial charge in [0.1, 0.15) is 42.8 Å². The van der Waals surface area contributed by atoms with Crippen LogP contribution in [0.15, 0.2) is 96.1 Å². The molecule has 3 aromatic rings. The van der Waals surface area contributed by atoms with E-state index in [1.165, 1.54) is 31.2 Å². The maximum absolute atomic E-state index is 16.5. The van der Waals surface area contributed by atoms with Gasteiger partial charge in [0, 0.05) is 30.7 Å². The van der Waals surface area contributed by atoms with Crippen molar-refractivity contribution in [2.24, 2.45) is 16.7 Å². The summed E-state index contributed by atoms with van der Waals surface area (Å²) in [5, 5.41) is 14.1. The Bertz CT molecular complexity index is 2450. The summed E-state index contributed by atoms with van der Waals surface area (Å²) in [4.78, 5) is 85.9. The van der Waals surface area contributed by atoms with Crippen LogP contribution in [0.25, 0.3) is 0 Å². The Hall–Kier alpha value is -5.55. The lowest BCUT2D eigenvalue weighted by molar-refractivity contribution is -0.344. The lowest BCUT2D eigenvalue weighted by atomic mass is 9.44. The van der Waals surface area contributed by atoms with Gasteiger partial charge in [-0.05, 0) is 73.0 Å². The predicted molar refractivity (Wildman–Crippen MR) is 246 cm³/mol. The molecule has 0 unspecified atom stereocenters. The van der Waals surface area contributed by atoms with E-state index in [0.29, 0.717) is 23.7 Å². The fourth-order valence-electron chi connectivity index (χ4n) is 11.2. The van der Waals surface area contributed by atoms with Crippen molar-refractivity contribution in [3.8, 4) is 0 Å². The molecule has 2 saturated carbocycles. The summed E-state index contributed by atoms with van der Waals surface area (Å²) in [5.74, 6) is -6.29. The molecule has 2 bridgehead atoms. The van der Waals surface area contributed by atoms with Crippen molar-refractivity contribution in [1.29, 1.82) is 0 Å². The van der Waals surface area contributed by atoms with Crippen LogP contribution in [0.1, 0.15) is 101 Å². The highest BCUT2D eigenvalue weighted by molar-refractivity contribution is 6.73. The van der Waals surface area contributed by atoms with Crippen molar-refractivity contribution in [3.05, 3.63) is 119 Å². The number of benzene rings is 3. The van der Waals surface area contributed by atoms with Gasteiger partial charge in [-0.2, -0.15) is 0 Å². The Balaban J connectivity index is 1.47. The van der Waals surface area contributed by atoms with Crippen LogP contribution in [0.3, 0.4) is 0 Å². The molecule has 1 saturated heterocycles. The van der Waals surface area contributed by atoms with Gasteiger partial charge in [0.05, 0.1) is 29.6 Å². The average molecular weight is 957 g/mol. The zero-order valence-corrected chi connectivity index (χ0v) is 40.8. The minimum Gasteiger partial charge on any atom is -0.457 e. The van der Waals surface area contributed by atoms with Gasteiger partial charge >= 0.3 is 24.1 Å². The summed E-state index contributed by atoms with van der Waals surface area (Å²) in [6.45, 7) is 13.2. The quantitative estimate of drug-likeness (QED) is 0.0382. The molecular weight excluding hydrogens is 896 g/mol. The second-order valence-corrected chi connectivity index (χ2v) is 23.9. The van der Waals surface area contributed by atoms with Gasteiger partial charge in [0.25, 0.3) is 0 Å². The molecule has 3 aliphatic carbocycles. The van der Waals surface area contributed by atoms with Gasteiger partial charge in [-0.15, -0.1) is 0 Å². The highest BCUT2D eigenvalue weighted by Gasteiger charge is 2.79. The Labute approximate surface area is 396 Å². The molecule has 4 aliphatic rings. The van der Waals surface area contributed by atoms with Crippen molar-refractivity contribution >= 4 is 43.9 Å². The van der Waals surface area contributed by atoms with Crippen molar-refractivity contribution in [3.63, 3.8) is 0 Å². The van der Waals surface area contributed by atoms with Crippen LogP contribution in [0.2, 0.25) is 18.1 Å². The van der Waals surface area contributed by atoms with Crippen molar-refractivity contribution in [1.82, 2.24) is 0 Å². The molecule has 68 heavy (non-hydrogen) atoms. The molecule has 0 spiro atoms. The first-order chi connectivity index (χ1) is 32.2. The van der Waals surface area contributed by atoms with E-state index in [-0.39, 0.29) is 41.9 Å². The highest BCUT2D eigenvalue weighted by Crippen LogP contribution is 2.65. The van der Waals surface area contributed by atoms with Crippen LogP contribution in [0, 0.1) is 22.6 Å². The second kappa shape index (κ2) is 19.4. The van der Waals surface area contributed by atoms with E-state index < -0.39 is 121 Å².